The fourth-order valence-electron chi connectivity index (χ4n) is 3.78. The van der Waals surface area contributed by atoms with E-state index < -0.39 is 17.9 Å². The molecule has 4 rings (SSSR count). The highest BCUT2D eigenvalue weighted by atomic mass is 35.5. The molecule has 0 bridgehead atoms. The molecule has 0 saturated carbocycles. The van der Waals surface area contributed by atoms with Crippen LogP contribution in [0.5, 0.6) is 0 Å². The lowest BCUT2D eigenvalue weighted by atomic mass is 9.91. The van der Waals surface area contributed by atoms with E-state index in [1.165, 1.54) is 6.26 Å². The van der Waals surface area contributed by atoms with Crippen LogP contribution in [0.3, 0.4) is 0 Å². The Hall–Kier alpha value is -3.25. The van der Waals surface area contributed by atoms with Crippen molar-refractivity contribution in [1.82, 2.24) is 0 Å². The number of carbonyl (C=O) groups is 1. The summed E-state index contributed by atoms with van der Waals surface area (Å²) in [6.45, 7) is 3.91. The van der Waals surface area contributed by atoms with E-state index in [2.05, 4.69) is 0 Å². The first-order valence-electron chi connectivity index (χ1n) is 10.1. The zero-order chi connectivity index (χ0) is 22.0. The number of benzene rings is 2. The smallest absolute Gasteiger partial charge is 0.319 e. The lowest BCUT2D eigenvalue weighted by Gasteiger charge is -2.25. The summed E-state index contributed by atoms with van der Waals surface area (Å²) in [4.78, 5) is 32.6. The van der Waals surface area contributed by atoms with Crippen LogP contribution in [0, 0.1) is 5.92 Å². The predicted octanol–water partition coefficient (Wildman–Crippen LogP) is 5.41. The second-order valence-electron chi connectivity index (χ2n) is 7.10. The average molecular weight is 440 g/mol. The van der Waals surface area contributed by atoms with E-state index in [0.29, 0.717) is 33.9 Å². The molecule has 2 heterocycles. The van der Waals surface area contributed by atoms with Gasteiger partial charge in [0.2, 0.25) is 0 Å². The van der Waals surface area contributed by atoms with Crippen LogP contribution in [0.4, 0.5) is 5.69 Å². The van der Waals surface area contributed by atoms with Crippen LogP contribution < -0.4 is 10.5 Å². The molecule has 31 heavy (non-hydrogen) atoms. The standard InChI is InChI=1S/C24H22ClNO5/c1-3-8-20-21(24(28)29-4-2)22(26(31-20)16-9-6-5-7-10-16)18-14-30-19-12-11-15(25)13-17(19)23(18)27/h5-14,21-22H,3-4H2,1-2H3/b20-8+. The molecule has 0 aliphatic carbocycles. The molecule has 3 aromatic rings. The Bertz CT molecular complexity index is 1190. The molecular formula is C24H22ClNO5. The Morgan fingerprint density at radius 2 is 1.97 bits per heavy atom. The minimum absolute atomic E-state index is 0.217. The Morgan fingerprint density at radius 1 is 1.19 bits per heavy atom. The number of halogens is 1. The van der Waals surface area contributed by atoms with Gasteiger partial charge in [-0.3, -0.25) is 9.59 Å². The van der Waals surface area contributed by atoms with Gasteiger partial charge in [0.05, 0.1) is 23.2 Å². The van der Waals surface area contributed by atoms with E-state index in [9.17, 15) is 9.59 Å². The Morgan fingerprint density at radius 3 is 2.68 bits per heavy atom. The van der Waals surface area contributed by atoms with Gasteiger partial charge in [0.15, 0.2) is 5.43 Å². The van der Waals surface area contributed by atoms with E-state index in [1.807, 2.05) is 43.3 Å². The van der Waals surface area contributed by atoms with Gasteiger partial charge in [0, 0.05) is 5.02 Å². The van der Waals surface area contributed by atoms with Crippen LogP contribution in [0.15, 0.2) is 75.8 Å². The fourth-order valence-corrected chi connectivity index (χ4v) is 3.95. The highest BCUT2D eigenvalue weighted by Crippen LogP contribution is 2.44. The number of nitrogens with zero attached hydrogens (tertiary/aromatic N) is 1. The Balaban J connectivity index is 1.94. The predicted molar refractivity (Wildman–Crippen MR) is 119 cm³/mol. The molecule has 0 N–H and O–H groups in total. The molecule has 0 radical (unpaired) electrons. The van der Waals surface area contributed by atoms with Crippen molar-refractivity contribution in [3.63, 3.8) is 0 Å². The Labute approximate surface area is 184 Å². The van der Waals surface area contributed by atoms with Gasteiger partial charge in [0.1, 0.15) is 29.6 Å². The number of carbonyl (C=O) groups excluding carboxylic acids is 1. The minimum atomic E-state index is -0.820. The molecule has 0 amide bonds. The summed E-state index contributed by atoms with van der Waals surface area (Å²) in [7, 11) is 0. The molecule has 1 aliphatic rings. The van der Waals surface area contributed by atoms with E-state index in [1.54, 1.807) is 30.2 Å². The third-order valence-electron chi connectivity index (χ3n) is 5.12. The molecular weight excluding hydrogens is 418 g/mol. The van der Waals surface area contributed by atoms with Crippen molar-refractivity contribution in [3.8, 4) is 0 Å². The van der Waals surface area contributed by atoms with Crippen LogP contribution in [0.2, 0.25) is 5.02 Å². The van der Waals surface area contributed by atoms with Gasteiger partial charge >= 0.3 is 5.97 Å². The largest absolute Gasteiger partial charge is 0.465 e. The zero-order valence-corrected chi connectivity index (χ0v) is 18.0. The second kappa shape index (κ2) is 8.86. The molecule has 1 saturated heterocycles. The van der Waals surface area contributed by atoms with E-state index in [-0.39, 0.29) is 17.6 Å². The van der Waals surface area contributed by atoms with Gasteiger partial charge in [-0.15, -0.1) is 0 Å². The van der Waals surface area contributed by atoms with Gasteiger partial charge in [-0.05, 0) is 49.8 Å². The number of para-hydroxylation sites is 1. The molecule has 2 atom stereocenters. The number of anilines is 1. The first kappa shape index (κ1) is 21.0. The van der Waals surface area contributed by atoms with Gasteiger partial charge in [0.25, 0.3) is 0 Å². The molecule has 0 spiro atoms. The van der Waals surface area contributed by atoms with Gasteiger partial charge in [-0.25, -0.2) is 5.06 Å². The fraction of sp³-hybridized carbons (Fsp3) is 0.250. The molecule has 160 valence electrons. The SMILES string of the molecule is CC/C=C1/ON(c2ccccc2)C(c2coc3ccc(Cl)cc3c2=O)C1C(=O)OCC. The highest BCUT2D eigenvalue weighted by molar-refractivity contribution is 6.31. The number of hydrogen-bond donors (Lipinski definition) is 0. The maximum atomic E-state index is 13.5. The van der Waals surface area contributed by atoms with Crippen molar-refractivity contribution >= 4 is 34.2 Å². The van der Waals surface area contributed by atoms with Crippen LogP contribution in [-0.2, 0) is 14.4 Å². The monoisotopic (exact) mass is 439 g/mol. The summed E-state index contributed by atoms with van der Waals surface area (Å²) in [5.74, 6) is -0.837. The molecule has 6 nitrogen and oxygen atoms in total. The summed E-state index contributed by atoms with van der Waals surface area (Å²) >= 11 is 6.11. The first-order valence-corrected chi connectivity index (χ1v) is 10.5. The van der Waals surface area contributed by atoms with Crippen molar-refractivity contribution in [1.29, 1.82) is 0 Å². The lowest BCUT2D eigenvalue weighted by molar-refractivity contribution is -0.147. The second-order valence-corrected chi connectivity index (χ2v) is 7.54. The normalized spacial score (nSPS) is 19.6. The molecule has 2 aromatic carbocycles. The minimum Gasteiger partial charge on any atom is -0.465 e. The number of hydrogen-bond acceptors (Lipinski definition) is 6. The van der Waals surface area contributed by atoms with Crippen LogP contribution in [-0.4, -0.2) is 12.6 Å². The molecule has 1 aliphatic heterocycles. The Kier molecular flexibility index (Phi) is 6.00. The third-order valence-corrected chi connectivity index (χ3v) is 5.35. The maximum Gasteiger partial charge on any atom is 0.319 e. The first-order chi connectivity index (χ1) is 15.0. The van der Waals surface area contributed by atoms with Crippen molar-refractivity contribution in [3.05, 3.63) is 87.4 Å². The number of fused-ring (bicyclic) bond motifs is 1. The number of rotatable bonds is 5. The number of hydroxylamine groups is 1. The lowest BCUT2D eigenvalue weighted by Crippen LogP contribution is -2.32. The highest BCUT2D eigenvalue weighted by Gasteiger charge is 2.48. The van der Waals surface area contributed by atoms with E-state index >= 15 is 0 Å². The molecule has 1 fully saturated rings. The third kappa shape index (κ3) is 3.91. The van der Waals surface area contributed by atoms with Gasteiger partial charge < -0.3 is 14.0 Å². The summed E-state index contributed by atoms with van der Waals surface area (Å²) in [6.07, 6.45) is 3.88. The summed E-state index contributed by atoms with van der Waals surface area (Å²) in [6, 6.07) is 13.4. The molecule has 1 aromatic heterocycles. The molecule has 7 heteroatoms. The average Bonchev–Trinajstić information content (AvgIpc) is 3.14. The summed E-state index contributed by atoms with van der Waals surface area (Å²) in [5.41, 5.74) is 1.13. The van der Waals surface area contributed by atoms with Gasteiger partial charge in [-0.2, -0.15) is 0 Å². The topological polar surface area (TPSA) is 69.0 Å². The van der Waals surface area contributed by atoms with E-state index in [0.717, 1.165) is 0 Å². The maximum absolute atomic E-state index is 13.5. The van der Waals surface area contributed by atoms with Crippen molar-refractivity contribution in [2.45, 2.75) is 26.3 Å². The molecule has 2 unspecified atom stereocenters. The van der Waals surface area contributed by atoms with Crippen molar-refractivity contribution in [2.24, 2.45) is 5.92 Å². The van der Waals surface area contributed by atoms with E-state index in [4.69, 9.17) is 25.6 Å². The number of esters is 1. The van der Waals surface area contributed by atoms with Crippen LogP contribution in [0.25, 0.3) is 11.0 Å². The quantitative estimate of drug-likeness (QED) is 0.495. The zero-order valence-electron chi connectivity index (χ0n) is 17.2. The number of allylic oxidation sites excluding steroid dienone is 1. The van der Waals surface area contributed by atoms with Crippen molar-refractivity contribution in [2.75, 3.05) is 11.7 Å². The van der Waals surface area contributed by atoms with Gasteiger partial charge in [-0.1, -0.05) is 36.7 Å². The summed E-state index contributed by atoms with van der Waals surface area (Å²) < 4.78 is 11.1. The summed E-state index contributed by atoms with van der Waals surface area (Å²) in [5, 5.41) is 2.34. The number of ether oxygens (including phenoxy) is 1. The van der Waals surface area contributed by atoms with Crippen LogP contribution >= 0.6 is 11.6 Å². The van der Waals surface area contributed by atoms with Crippen molar-refractivity contribution < 1.29 is 18.8 Å². The van der Waals surface area contributed by atoms with Crippen LogP contribution in [0.1, 0.15) is 31.9 Å².